The topological polar surface area (TPSA) is 33.2 Å². The summed E-state index contributed by atoms with van der Waals surface area (Å²) in [5.74, 6) is 1.55. The van der Waals surface area contributed by atoms with Crippen molar-refractivity contribution in [3.05, 3.63) is 53.2 Å². The summed E-state index contributed by atoms with van der Waals surface area (Å²) in [7, 11) is 0. The van der Waals surface area contributed by atoms with E-state index in [2.05, 4.69) is 4.98 Å². The highest BCUT2D eigenvalue weighted by molar-refractivity contribution is 6.33. The van der Waals surface area contributed by atoms with Gasteiger partial charge in [-0.2, -0.15) is 0 Å². The van der Waals surface area contributed by atoms with Gasteiger partial charge in [0.2, 0.25) is 0 Å². The van der Waals surface area contributed by atoms with E-state index in [-0.39, 0.29) is 5.91 Å². The van der Waals surface area contributed by atoms with Gasteiger partial charge < -0.3 is 4.90 Å². The summed E-state index contributed by atoms with van der Waals surface area (Å²) in [6.45, 7) is 1.75. The molecule has 4 rings (SSSR count). The lowest BCUT2D eigenvalue weighted by molar-refractivity contribution is 0.0515. The van der Waals surface area contributed by atoms with Crippen LogP contribution in [0.5, 0.6) is 0 Å². The quantitative estimate of drug-likeness (QED) is 0.755. The molecule has 4 heteroatoms. The summed E-state index contributed by atoms with van der Waals surface area (Å²) >= 11 is 6.28. The number of carbonyl (C=O) groups excluding carboxylic acids is 1. The van der Waals surface area contributed by atoms with Crippen molar-refractivity contribution in [3.63, 3.8) is 0 Å². The van der Waals surface area contributed by atoms with E-state index in [1.807, 2.05) is 47.4 Å². The molecule has 1 aliphatic heterocycles. The van der Waals surface area contributed by atoms with E-state index in [1.54, 1.807) is 0 Å². The van der Waals surface area contributed by atoms with Gasteiger partial charge in [-0.1, -0.05) is 55.1 Å². The third-order valence-corrected chi connectivity index (χ3v) is 6.03. The van der Waals surface area contributed by atoms with Crippen molar-refractivity contribution in [2.24, 2.45) is 11.8 Å². The normalized spacial score (nSPS) is 23.2. The molecule has 1 aliphatic carbocycles. The highest BCUT2D eigenvalue weighted by atomic mass is 35.5. The van der Waals surface area contributed by atoms with Gasteiger partial charge in [0.05, 0.1) is 5.69 Å². The zero-order chi connectivity index (χ0) is 17.2. The van der Waals surface area contributed by atoms with Crippen LogP contribution in [0.2, 0.25) is 5.02 Å². The zero-order valence-corrected chi connectivity index (χ0v) is 15.1. The van der Waals surface area contributed by atoms with E-state index in [0.29, 0.717) is 16.6 Å². The van der Waals surface area contributed by atoms with E-state index < -0.39 is 0 Å². The Balaban J connectivity index is 1.55. The van der Waals surface area contributed by atoms with Gasteiger partial charge in [0.25, 0.3) is 5.91 Å². The number of pyridine rings is 1. The van der Waals surface area contributed by atoms with Crippen LogP contribution in [0.3, 0.4) is 0 Å². The summed E-state index contributed by atoms with van der Waals surface area (Å²) in [5, 5.41) is 0.655. The summed E-state index contributed by atoms with van der Waals surface area (Å²) in [5.41, 5.74) is 2.14. The molecule has 1 saturated heterocycles. The predicted molar refractivity (Wildman–Crippen MR) is 101 cm³/mol. The molecule has 2 aliphatic rings. The number of carbonyl (C=O) groups is 1. The fourth-order valence-electron chi connectivity index (χ4n) is 4.32. The molecule has 1 aromatic carbocycles. The van der Waals surface area contributed by atoms with Crippen LogP contribution in [0.25, 0.3) is 11.3 Å². The molecule has 1 amide bonds. The van der Waals surface area contributed by atoms with E-state index in [1.165, 1.54) is 25.7 Å². The minimum atomic E-state index is 0.0536. The molecule has 2 aromatic rings. The number of rotatable bonds is 2. The van der Waals surface area contributed by atoms with Crippen LogP contribution in [0.15, 0.2) is 42.5 Å². The van der Waals surface area contributed by atoms with Gasteiger partial charge in [0, 0.05) is 23.7 Å². The lowest BCUT2D eigenvalue weighted by Gasteiger charge is -2.41. The molecule has 0 bridgehead atoms. The van der Waals surface area contributed by atoms with E-state index in [0.717, 1.165) is 36.7 Å². The first-order valence-corrected chi connectivity index (χ1v) is 9.61. The van der Waals surface area contributed by atoms with E-state index >= 15 is 0 Å². The summed E-state index contributed by atoms with van der Waals surface area (Å²) in [6.07, 6.45) is 6.41. The minimum Gasteiger partial charge on any atom is -0.337 e. The van der Waals surface area contributed by atoms with Crippen molar-refractivity contribution in [3.8, 4) is 11.3 Å². The lowest BCUT2D eigenvalue weighted by Crippen LogP contribution is -2.45. The number of halogens is 1. The minimum absolute atomic E-state index is 0.0536. The second-order valence-electron chi connectivity index (χ2n) is 7.23. The van der Waals surface area contributed by atoms with Crippen molar-refractivity contribution in [2.75, 3.05) is 13.1 Å². The summed E-state index contributed by atoms with van der Waals surface area (Å²) in [6, 6.07) is 13.2. The third-order valence-electron chi connectivity index (χ3n) is 5.70. The van der Waals surface area contributed by atoms with Gasteiger partial charge in [-0.05, 0) is 42.9 Å². The molecule has 0 N–H and O–H groups in total. The van der Waals surface area contributed by atoms with Crippen molar-refractivity contribution in [2.45, 2.75) is 32.1 Å². The maximum atomic E-state index is 13.0. The first-order valence-electron chi connectivity index (χ1n) is 9.23. The molecule has 2 fully saturated rings. The molecule has 25 heavy (non-hydrogen) atoms. The summed E-state index contributed by atoms with van der Waals surface area (Å²) < 4.78 is 0. The number of hydrogen-bond acceptors (Lipinski definition) is 2. The van der Waals surface area contributed by atoms with Gasteiger partial charge in [-0.25, -0.2) is 4.98 Å². The number of likely N-dealkylation sites (tertiary alicyclic amines) is 1. The van der Waals surface area contributed by atoms with E-state index in [4.69, 9.17) is 11.6 Å². The fraction of sp³-hybridized carbons (Fsp3) is 0.429. The van der Waals surface area contributed by atoms with Gasteiger partial charge >= 0.3 is 0 Å². The van der Waals surface area contributed by atoms with Crippen molar-refractivity contribution >= 4 is 17.5 Å². The molecular weight excluding hydrogens is 332 g/mol. The van der Waals surface area contributed by atoms with Crippen LogP contribution in [0, 0.1) is 11.8 Å². The molecular formula is C21H23ClN2O. The molecule has 0 unspecified atom stereocenters. The van der Waals surface area contributed by atoms with Crippen LogP contribution in [-0.2, 0) is 0 Å². The smallest absolute Gasteiger partial charge is 0.272 e. The Hall–Kier alpha value is -1.87. The number of amides is 1. The predicted octanol–water partition coefficient (Wildman–Crippen LogP) is 5.05. The number of fused-ring (bicyclic) bond motifs is 1. The number of piperidine rings is 1. The highest BCUT2D eigenvalue weighted by Gasteiger charge is 2.33. The maximum Gasteiger partial charge on any atom is 0.272 e. The molecule has 2 heterocycles. The van der Waals surface area contributed by atoms with Crippen molar-refractivity contribution < 1.29 is 4.79 Å². The Morgan fingerprint density at radius 3 is 2.64 bits per heavy atom. The molecule has 3 nitrogen and oxygen atoms in total. The van der Waals surface area contributed by atoms with Crippen LogP contribution < -0.4 is 0 Å². The van der Waals surface area contributed by atoms with Crippen LogP contribution in [0.1, 0.15) is 42.6 Å². The molecule has 130 valence electrons. The van der Waals surface area contributed by atoms with Crippen LogP contribution in [0.4, 0.5) is 0 Å². The van der Waals surface area contributed by atoms with Crippen molar-refractivity contribution in [1.29, 1.82) is 0 Å². The number of hydrogen-bond donors (Lipinski definition) is 0. The second-order valence-corrected chi connectivity index (χ2v) is 7.64. The highest BCUT2D eigenvalue weighted by Crippen LogP contribution is 2.36. The molecule has 0 spiro atoms. The third kappa shape index (κ3) is 3.43. The first kappa shape index (κ1) is 16.6. The van der Waals surface area contributed by atoms with Gasteiger partial charge in [0.15, 0.2) is 0 Å². The SMILES string of the molecule is O=C(c1cccc(-c2ccccc2Cl)n1)N1CC[C@@H]2CCCC[C@@H]2C1. The van der Waals surface area contributed by atoms with Gasteiger partial charge in [-0.3, -0.25) is 4.79 Å². The number of aromatic nitrogens is 1. The second kappa shape index (κ2) is 7.17. The first-order chi connectivity index (χ1) is 12.2. The Morgan fingerprint density at radius 1 is 1.00 bits per heavy atom. The monoisotopic (exact) mass is 354 g/mol. The average Bonchev–Trinajstić information content (AvgIpc) is 2.67. The van der Waals surface area contributed by atoms with Gasteiger partial charge in [0.1, 0.15) is 5.69 Å². The average molecular weight is 355 g/mol. The van der Waals surface area contributed by atoms with Gasteiger partial charge in [-0.15, -0.1) is 0 Å². The largest absolute Gasteiger partial charge is 0.337 e. The zero-order valence-electron chi connectivity index (χ0n) is 14.3. The maximum absolute atomic E-state index is 13.0. The Kier molecular flexibility index (Phi) is 4.76. The lowest BCUT2D eigenvalue weighted by atomic mass is 9.75. The Labute approximate surface area is 154 Å². The summed E-state index contributed by atoms with van der Waals surface area (Å²) in [4.78, 5) is 19.6. The standard InChI is InChI=1S/C21H23ClN2O/c22-18-9-4-3-8-17(18)19-10-5-11-20(23-19)21(25)24-13-12-15-6-1-2-7-16(15)14-24/h3-5,8-11,15-16H,1-2,6-7,12-14H2/t15-,16+/m0/s1. The van der Waals surface area contributed by atoms with Crippen LogP contribution in [-0.4, -0.2) is 28.9 Å². The molecule has 1 saturated carbocycles. The van der Waals surface area contributed by atoms with Crippen molar-refractivity contribution in [1.82, 2.24) is 9.88 Å². The molecule has 2 atom stereocenters. The molecule has 1 aromatic heterocycles. The van der Waals surface area contributed by atoms with E-state index in [9.17, 15) is 4.79 Å². The Morgan fingerprint density at radius 2 is 1.80 bits per heavy atom. The molecule has 0 radical (unpaired) electrons. The number of benzene rings is 1. The fourth-order valence-corrected chi connectivity index (χ4v) is 4.55. The van der Waals surface area contributed by atoms with Crippen LogP contribution >= 0.6 is 11.6 Å². The number of nitrogens with zero attached hydrogens (tertiary/aromatic N) is 2. The Bertz CT molecular complexity index is 776.